The van der Waals surface area contributed by atoms with Crippen molar-refractivity contribution in [2.24, 2.45) is 0 Å². The molecule has 1 aromatic carbocycles. The van der Waals surface area contributed by atoms with Crippen LogP contribution < -0.4 is 0 Å². The van der Waals surface area contributed by atoms with Crippen molar-refractivity contribution in [2.75, 3.05) is 6.61 Å². The summed E-state index contributed by atoms with van der Waals surface area (Å²) in [5.41, 5.74) is 3.67. The summed E-state index contributed by atoms with van der Waals surface area (Å²) in [5.74, 6) is -0.115. The van der Waals surface area contributed by atoms with E-state index in [1.807, 2.05) is 26.1 Å². The highest BCUT2D eigenvalue weighted by Crippen LogP contribution is 2.32. The van der Waals surface area contributed by atoms with E-state index < -0.39 is 10.9 Å². The predicted octanol–water partition coefficient (Wildman–Crippen LogP) is 4.33. The van der Waals surface area contributed by atoms with Gasteiger partial charge >= 0.3 is 5.97 Å². The zero-order chi connectivity index (χ0) is 19.6. The molecule has 3 aromatic rings. The molecule has 0 saturated carbocycles. The van der Waals surface area contributed by atoms with Crippen molar-refractivity contribution in [1.82, 2.24) is 9.61 Å². The summed E-state index contributed by atoms with van der Waals surface area (Å²) in [6, 6.07) is 8.55. The molecule has 2 heterocycles. The topological polar surface area (TPSA) is 86.7 Å². The lowest BCUT2D eigenvalue weighted by atomic mass is 10.1. The lowest BCUT2D eigenvalue weighted by Crippen LogP contribution is -2.06. The average molecular weight is 385 g/mol. The Bertz CT molecular complexity index is 1030. The summed E-state index contributed by atoms with van der Waals surface area (Å²) in [5, 5.41) is 16.3. The molecule has 8 heteroatoms. The maximum atomic E-state index is 12.6. The molecule has 0 amide bonds. The van der Waals surface area contributed by atoms with Crippen LogP contribution in [-0.4, -0.2) is 27.1 Å². The number of rotatable bonds is 6. The van der Waals surface area contributed by atoms with Gasteiger partial charge in [0.25, 0.3) is 5.69 Å². The van der Waals surface area contributed by atoms with Gasteiger partial charge in [-0.05, 0) is 31.9 Å². The van der Waals surface area contributed by atoms with E-state index in [1.54, 1.807) is 29.6 Å². The number of aromatic nitrogens is 2. The second-order valence-corrected chi connectivity index (χ2v) is 7.03. The molecule has 0 unspecified atom stereocenters. The molecule has 0 aliphatic heterocycles. The highest BCUT2D eigenvalue weighted by molar-refractivity contribution is 7.98. The third-order valence-electron chi connectivity index (χ3n) is 4.05. The number of carbonyl (C=O) groups excluding carboxylic acids is 1. The third-order valence-corrected chi connectivity index (χ3v) is 5.07. The van der Waals surface area contributed by atoms with Crippen molar-refractivity contribution in [1.29, 1.82) is 0 Å². The number of hydrogen-bond donors (Lipinski definition) is 0. The Morgan fingerprint density at radius 3 is 2.78 bits per heavy atom. The van der Waals surface area contributed by atoms with E-state index in [0.29, 0.717) is 27.4 Å². The average Bonchev–Trinajstić information content (AvgIpc) is 2.99. The van der Waals surface area contributed by atoms with E-state index in [4.69, 9.17) is 4.74 Å². The van der Waals surface area contributed by atoms with Gasteiger partial charge in [0, 0.05) is 23.6 Å². The molecule has 0 atom stereocenters. The summed E-state index contributed by atoms with van der Waals surface area (Å²) in [7, 11) is 0. The van der Waals surface area contributed by atoms with E-state index in [1.165, 1.54) is 17.8 Å². The number of benzene rings is 1. The minimum Gasteiger partial charge on any atom is -0.462 e. The number of aryl methyl sites for hydroxylation is 2. The normalized spacial score (nSPS) is 10.9. The van der Waals surface area contributed by atoms with Crippen LogP contribution in [0.5, 0.6) is 0 Å². The van der Waals surface area contributed by atoms with Crippen LogP contribution in [0.4, 0.5) is 5.69 Å². The summed E-state index contributed by atoms with van der Waals surface area (Å²) >= 11 is 1.29. The number of nitro groups is 1. The van der Waals surface area contributed by atoms with Crippen LogP contribution in [0.15, 0.2) is 41.6 Å². The van der Waals surface area contributed by atoms with E-state index in [9.17, 15) is 14.9 Å². The van der Waals surface area contributed by atoms with E-state index in [2.05, 4.69) is 5.10 Å². The van der Waals surface area contributed by atoms with Gasteiger partial charge < -0.3 is 4.74 Å². The number of thioether (sulfide) groups is 1. The van der Waals surface area contributed by atoms with Crippen molar-refractivity contribution in [3.8, 4) is 0 Å². The molecule has 0 fully saturated rings. The van der Waals surface area contributed by atoms with Crippen LogP contribution in [0.1, 0.15) is 34.0 Å². The maximum Gasteiger partial charge on any atom is 0.343 e. The third kappa shape index (κ3) is 3.80. The van der Waals surface area contributed by atoms with E-state index in [0.717, 1.165) is 11.1 Å². The van der Waals surface area contributed by atoms with Crippen molar-refractivity contribution in [3.05, 3.63) is 68.9 Å². The van der Waals surface area contributed by atoms with Crippen molar-refractivity contribution < 1.29 is 14.5 Å². The number of ether oxygens (including phenoxy) is 1. The zero-order valence-electron chi connectivity index (χ0n) is 15.3. The second-order valence-electron chi connectivity index (χ2n) is 6.07. The molecular weight excluding hydrogens is 366 g/mol. The monoisotopic (exact) mass is 385 g/mol. The molecule has 0 radical (unpaired) electrons. The fourth-order valence-corrected chi connectivity index (χ4v) is 3.98. The van der Waals surface area contributed by atoms with Gasteiger partial charge in [-0.3, -0.25) is 10.1 Å². The van der Waals surface area contributed by atoms with Crippen molar-refractivity contribution in [3.63, 3.8) is 0 Å². The molecule has 0 N–H and O–H groups in total. The molecule has 0 aliphatic rings. The van der Waals surface area contributed by atoms with Gasteiger partial charge in [0.05, 0.1) is 17.0 Å². The van der Waals surface area contributed by atoms with Gasteiger partial charge in [-0.25, -0.2) is 9.31 Å². The fourth-order valence-electron chi connectivity index (χ4n) is 2.97. The van der Waals surface area contributed by atoms with E-state index in [-0.39, 0.29) is 12.3 Å². The first-order valence-electron chi connectivity index (χ1n) is 8.44. The lowest BCUT2D eigenvalue weighted by Gasteiger charge is -2.05. The number of nitro benzene ring substituents is 1. The molecule has 27 heavy (non-hydrogen) atoms. The fraction of sp³-hybridized carbons (Fsp3) is 0.263. The molecule has 2 aromatic heterocycles. The Balaban J connectivity index is 2.04. The number of para-hydroxylation sites is 1. The van der Waals surface area contributed by atoms with Crippen LogP contribution >= 0.6 is 11.8 Å². The van der Waals surface area contributed by atoms with Crippen LogP contribution in [-0.2, 0) is 10.5 Å². The summed E-state index contributed by atoms with van der Waals surface area (Å²) < 4.78 is 6.90. The number of esters is 1. The largest absolute Gasteiger partial charge is 0.462 e. The molecule has 140 valence electrons. The molecule has 7 nitrogen and oxygen atoms in total. The van der Waals surface area contributed by atoms with Crippen LogP contribution in [0.25, 0.3) is 5.52 Å². The number of carbonyl (C=O) groups is 1. The lowest BCUT2D eigenvalue weighted by molar-refractivity contribution is -0.385. The van der Waals surface area contributed by atoms with Gasteiger partial charge in [0.2, 0.25) is 0 Å². The van der Waals surface area contributed by atoms with Gasteiger partial charge in [0.1, 0.15) is 10.6 Å². The molecule has 0 spiro atoms. The molecule has 0 saturated heterocycles. The zero-order valence-corrected chi connectivity index (χ0v) is 16.1. The number of nitrogens with zero attached hydrogens (tertiary/aromatic N) is 3. The first-order valence-corrected chi connectivity index (χ1v) is 9.42. The van der Waals surface area contributed by atoms with Gasteiger partial charge in [-0.2, -0.15) is 5.10 Å². The van der Waals surface area contributed by atoms with Crippen molar-refractivity contribution >= 4 is 28.9 Å². The Hall–Kier alpha value is -2.87. The summed E-state index contributed by atoms with van der Waals surface area (Å²) in [6.07, 6.45) is 1.85. The minimum absolute atomic E-state index is 0.0541. The van der Waals surface area contributed by atoms with E-state index >= 15 is 0 Å². The van der Waals surface area contributed by atoms with Crippen LogP contribution in [0, 0.1) is 24.0 Å². The Morgan fingerprint density at radius 2 is 2.07 bits per heavy atom. The van der Waals surface area contributed by atoms with Gasteiger partial charge in [0.15, 0.2) is 0 Å². The number of fused-ring (bicyclic) bond motifs is 1. The standard InChI is InChI=1S/C19H19N3O4S/c1-4-26-19(23)16-17-13(3)9-12(2)10-21(17)20-18(16)27-11-14-7-5-6-8-15(14)22(24)25/h5-10H,4,11H2,1-3H3. The van der Waals surface area contributed by atoms with Crippen molar-refractivity contribution in [2.45, 2.75) is 31.6 Å². The highest BCUT2D eigenvalue weighted by Gasteiger charge is 2.24. The Morgan fingerprint density at radius 1 is 1.33 bits per heavy atom. The summed E-state index contributed by atoms with van der Waals surface area (Å²) in [6.45, 7) is 5.89. The van der Waals surface area contributed by atoms with Crippen LogP contribution in [0.3, 0.4) is 0 Å². The predicted molar refractivity (Wildman–Crippen MR) is 103 cm³/mol. The maximum absolute atomic E-state index is 12.6. The number of pyridine rings is 1. The van der Waals surface area contributed by atoms with Gasteiger partial charge in [-0.15, -0.1) is 0 Å². The molecule has 3 rings (SSSR count). The second kappa shape index (κ2) is 7.79. The first kappa shape index (κ1) is 18.9. The first-order chi connectivity index (χ1) is 12.9. The van der Waals surface area contributed by atoms with Crippen LogP contribution in [0.2, 0.25) is 0 Å². The molecular formula is C19H19N3O4S. The SMILES string of the molecule is CCOC(=O)c1c(SCc2ccccc2[N+](=O)[O-])nn2cc(C)cc(C)c12. The Kier molecular flexibility index (Phi) is 5.46. The smallest absolute Gasteiger partial charge is 0.343 e. The number of hydrogen-bond acceptors (Lipinski definition) is 6. The molecule has 0 bridgehead atoms. The van der Waals surface area contributed by atoms with Gasteiger partial charge in [-0.1, -0.05) is 36.0 Å². The Labute approximate surface area is 160 Å². The minimum atomic E-state index is -0.440. The summed E-state index contributed by atoms with van der Waals surface area (Å²) in [4.78, 5) is 23.4. The molecule has 0 aliphatic carbocycles. The quantitative estimate of drug-likeness (QED) is 0.272. The highest BCUT2D eigenvalue weighted by atomic mass is 32.2.